The van der Waals surface area contributed by atoms with Crippen LogP contribution < -0.4 is 10.5 Å². The highest BCUT2D eigenvalue weighted by Crippen LogP contribution is 2.33. The van der Waals surface area contributed by atoms with Crippen LogP contribution in [0.1, 0.15) is 12.0 Å². The summed E-state index contributed by atoms with van der Waals surface area (Å²) in [5.74, 6) is 0. The molecule has 0 spiro atoms. The van der Waals surface area contributed by atoms with Crippen LogP contribution in [0.4, 0.5) is 24.5 Å². The van der Waals surface area contributed by atoms with Gasteiger partial charge in [0.25, 0.3) is 0 Å². The average Bonchev–Trinajstić information content (AvgIpc) is 2.78. The maximum atomic E-state index is 13.0. The number of anilines is 1. The molecule has 1 aromatic carbocycles. The van der Waals surface area contributed by atoms with Gasteiger partial charge in [-0.2, -0.15) is 13.2 Å². The number of hydrogen-bond donors (Lipinski definition) is 0. The summed E-state index contributed by atoms with van der Waals surface area (Å²) in [5.41, 5.74) is -0.257. The summed E-state index contributed by atoms with van der Waals surface area (Å²) in [6.07, 6.45) is -4.36. The highest BCUT2D eigenvalue weighted by Gasteiger charge is 2.33. The number of halogens is 3. The lowest BCUT2D eigenvalue weighted by atomic mass is 10.1. The Morgan fingerprint density at radius 2 is 1.73 bits per heavy atom. The highest BCUT2D eigenvalue weighted by molar-refractivity contribution is 5.93. The molecule has 0 aliphatic carbocycles. The van der Waals surface area contributed by atoms with Crippen LogP contribution in [0.15, 0.2) is 53.5 Å². The quantitative estimate of drug-likeness (QED) is 0.412. The minimum atomic E-state index is -4.50. The zero-order valence-electron chi connectivity index (χ0n) is 17.7. The van der Waals surface area contributed by atoms with Crippen molar-refractivity contribution < 1.29 is 18.1 Å². The predicted molar refractivity (Wildman–Crippen MR) is 117 cm³/mol. The summed E-state index contributed by atoms with van der Waals surface area (Å²) in [6, 6.07) is 12.9. The summed E-state index contributed by atoms with van der Waals surface area (Å²) in [4.78, 5) is 32.3. The molecule has 0 radical (unpaired) electrons. The largest absolute Gasteiger partial charge is 0.390 e. The van der Waals surface area contributed by atoms with E-state index in [2.05, 4.69) is 9.88 Å². The Hall–Kier alpha value is -3.47. The van der Waals surface area contributed by atoms with Crippen LogP contribution in [0.2, 0.25) is 0 Å². The number of aryl methyl sites for hydroxylation is 1. The number of pyridine rings is 2. The molecule has 3 aromatic rings. The van der Waals surface area contributed by atoms with Gasteiger partial charge in [0, 0.05) is 45.5 Å². The number of nitrogens with zero attached hydrogens (tertiary/aromatic N) is 5. The van der Waals surface area contributed by atoms with Gasteiger partial charge >= 0.3 is 17.4 Å². The van der Waals surface area contributed by atoms with Crippen molar-refractivity contribution in [1.29, 1.82) is 0 Å². The number of piperazine rings is 1. The topological polar surface area (TPSA) is 84.5 Å². The molecule has 1 aliphatic heterocycles. The van der Waals surface area contributed by atoms with E-state index in [1.807, 2.05) is 30.3 Å². The maximum Gasteiger partial charge on any atom is 0.390 e. The van der Waals surface area contributed by atoms with Crippen molar-refractivity contribution in [2.75, 3.05) is 31.1 Å². The van der Waals surface area contributed by atoms with Gasteiger partial charge < -0.3 is 9.47 Å². The van der Waals surface area contributed by atoms with E-state index in [1.165, 1.54) is 18.3 Å². The summed E-state index contributed by atoms with van der Waals surface area (Å²) in [6.45, 7) is 2.08. The fraction of sp³-hybridized carbons (Fsp3) is 0.364. The zero-order chi connectivity index (χ0) is 23.6. The predicted octanol–water partition coefficient (Wildman–Crippen LogP) is 3.58. The smallest absolute Gasteiger partial charge is 0.361 e. The van der Waals surface area contributed by atoms with Crippen LogP contribution in [-0.4, -0.2) is 51.7 Å². The number of benzene rings is 1. The lowest BCUT2D eigenvalue weighted by Gasteiger charge is -2.36. The van der Waals surface area contributed by atoms with Gasteiger partial charge in [0.15, 0.2) is 0 Å². The van der Waals surface area contributed by atoms with E-state index in [9.17, 15) is 28.1 Å². The average molecular weight is 461 g/mol. The fourth-order valence-corrected chi connectivity index (χ4v) is 4.14. The van der Waals surface area contributed by atoms with Crippen molar-refractivity contribution in [3.63, 3.8) is 0 Å². The first-order valence-electron chi connectivity index (χ1n) is 10.5. The van der Waals surface area contributed by atoms with E-state index in [1.54, 1.807) is 4.90 Å². The minimum Gasteiger partial charge on any atom is -0.361 e. The lowest BCUT2D eigenvalue weighted by Crippen LogP contribution is -2.46. The molecule has 0 N–H and O–H groups in total. The molecular formula is C22H22F3N5O3. The molecule has 0 unspecified atom stereocenters. The molecule has 2 aromatic heterocycles. The van der Waals surface area contributed by atoms with Crippen molar-refractivity contribution >= 4 is 22.4 Å². The van der Waals surface area contributed by atoms with Gasteiger partial charge in [0.05, 0.1) is 16.9 Å². The van der Waals surface area contributed by atoms with Crippen LogP contribution in [-0.2, 0) is 13.1 Å². The van der Waals surface area contributed by atoms with Gasteiger partial charge in [-0.25, -0.2) is 0 Å². The number of fused-ring (bicyclic) bond motifs is 1. The van der Waals surface area contributed by atoms with Crippen LogP contribution in [0.5, 0.6) is 0 Å². The molecule has 1 fully saturated rings. The molecule has 0 atom stereocenters. The normalized spacial score (nSPS) is 15.2. The Morgan fingerprint density at radius 1 is 1.03 bits per heavy atom. The molecule has 3 heterocycles. The number of alkyl halides is 3. The Bertz CT molecular complexity index is 1210. The fourth-order valence-electron chi connectivity index (χ4n) is 4.14. The second-order valence-corrected chi connectivity index (χ2v) is 7.90. The SMILES string of the molecule is O=c1c([N+](=O)[O-])c(N2CCN(Cc3ccccc3)CC2)c2ncccc2n1CCC(F)(F)F. The lowest BCUT2D eigenvalue weighted by molar-refractivity contribution is -0.385. The molecule has 11 heteroatoms. The maximum absolute atomic E-state index is 13.0. The van der Waals surface area contributed by atoms with E-state index in [0.29, 0.717) is 26.2 Å². The highest BCUT2D eigenvalue weighted by atomic mass is 19.4. The first-order chi connectivity index (χ1) is 15.7. The van der Waals surface area contributed by atoms with E-state index >= 15 is 0 Å². The van der Waals surface area contributed by atoms with Gasteiger partial charge in [-0.1, -0.05) is 30.3 Å². The Morgan fingerprint density at radius 3 is 2.36 bits per heavy atom. The number of aromatic nitrogens is 2. The molecule has 0 saturated carbocycles. The van der Waals surface area contributed by atoms with E-state index in [0.717, 1.165) is 16.7 Å². The van der Waals surface area contributed by atoms with Crippen LogP contribution in [0, 0.1) is 10.1 Å². The molecule has 4 rings (SSSR count). The van der Waals surface area contributed by atoms with Crippen molar-refractivity contribution in [3.8, 4) is 0 Å². The van der Waals surface area contributed by atoms with Crippen molar-refractivity contribution in [1.82, 2.24) is 14.5 Å². The third-order valence-electron chi connectivity index (χ3n) is 5.71. The number of rotatable bonds is 6. The van der Waals surface area contributed by atoms with Crippen LogP contribution in [0.3, 0.4) is 0 Å². The second-order valence-electron chi connectivity index (χ2n) is 7.90. The monoisotopic (exact) mass is 461 g/mol. The molecular weight excluding hydrogens is 439 g/mol. The third kappa shape index (κ3) is 4.98. The van der Waals surface area contributed by atoms with Crippen molar-refractivity contribution in [3.05, 3.63) is 74.7 Å². The van der Waals surface area contributed by atoms with E-state index in [4.69, 9.17) is 0 Å². The van der Waals surface area contributed by atoms with E-state index in [-0.39, 0.29) is 16.7 Å². The summed E-state index contributed by atoms with van der Waals surface area (Å²) < 4.78 is 39.3. The zero-order valence-corrected chi connectivity index (χ0v) is 17.7. The van der Waals surface area contributed by atoms with Crippen molar-refractivity contribution in [2.24, 2.45) is 0 Å². The molecule has 0 amide bonds. The molecule has 174 valence electrons. The van der Waals surface area contributed by atoms with Gasteiger partial charge in [-0.3, -0.25) is 24.8 Å². The first kappa shape index (κ1) is 22.7. The Labute approximate surface area is 187 Å². The standard InChI is InChI=1S/C22H22F3N5O3/c23-22(24,25)8-10-29-17-7-4-9-26-18(17)19(20(21(29)31)30(32)33)28-13-11-27(12-14-28)15-16-5-2-1-3-6-16/h1-7,9H,8,10-15H2. The molecule has 1 saturated heterocycles. The third-order valence-corrected chi connectivity index (χ3v) is 5.71. The van der Waals surface area contributed by atoms with E-state index < -0.39 is 35.3 Å². The number of nitro groups is 1. The van der Waals surface area contributed by atoms with Gasteiger partial charge in [0.2, 0.25) is 0 Å². The Kier molecular flexibility index (Phi) is 6.32. The molecule has 1 aliphatic rings. The minimum absolute atomic E-state index is 0.0724. The molecule has 0 bridgehead atoms. The summed E-state index contributed by atoms with van der Waals surface area (Å²) in [5, 5.41) is 11.9. The second kappa shape index (κ2) is 9.18. The number of hydrogen-bond acceptors (Lipinski definition) is 6. The van der Waals surface area contributed by atoms with Gasteiger partial charge in [0.1, 0.15) is 11.2 Å². The van der Waals surface area contributed by atoms with Crippen LogP contribution >= 0.6 is 0 Å². The van der Waals surface area contributed by atoms with Crippen molar-refractivity contribution in [2.45, 2.75) is 25.7 Å². The van der Waals surface area contributed by atoms with Crippen LogP contribution in [0.25, 0.3) is 11.0 Å². The van der Waals surface area contributed by atoms with Gasteiger partial charge in [-0.15, -0.1) is 0 Å². The van der Waals surface area contributed by atoms with Gasteiger partial charge in [-0.05, 0) is 17.7 Å². The molecule has 33 heavy (non-hydrogen) atoms. The molecule has 8 nitrogen and oxygen atoms in total. The summed E-state index contributed by atoms with van der Waals surface area (Å²) >= 11 is 0. The Balaban J connectivity index is 1.69. The summed E-state index contributed by atoms with van der Waals surface area (Å²) in [7, 11) is 0. The first-order valence-corrected chi connectivity index (χ1v) is 10.5.